The molecule has 0 spiro atoms. The molecule has 120 valence electrons. The van der Waals surface area contributed by atoms with E-state index in [0.29, 0.717) is 18.9 Å². The van der Waals surface area contributed by atoms with Crippen LogP contribution in [0.5, 0.6) is 5.75 Å². The van der Waals surface area contributed by atoms with Crippen LogP contribution < -0.4 is 4.74 Å². The van der Waals surface area contributed by atoms with Gasteiger partial charge in [0.05, 0.1) is 19.1 Å². The molecule has 1 aromatic carbocycles. The third-order valence-electron chi connectivity index (χ3n) is 3.50. The van der Waals surface area contributed by atoms with Crippen LogP contribution in [0.15, 0.2) is 24.3 Å². The van der Waals surface area contributed by atoms with Gasteiger partial charge in [-0.25, -0.2) is 0 Å². The molecule has 1 N–H and O–H groups in total. The predicted octanol–water partition coefficient (Wildman–Crippen LogP) is 1.46. The van der Waals surface area contributed by atoms with Crippen LogP contribution in [0.4, 0.5) is 0 Å². The topological polar surface area (TPSA) is 76.1 Å². The van der Waals surface area contributed by atoms with Gasteiger partial charge in [0.15, 0.2) is 6.10 Å². The first-order chi connectivity index (χ1) is 10.5. The molecule has 0 aromatic heterocycles. The van der Waals surface area contributed by atoms with E-state index in [1.807, 2.05) is 31.2 Å². The number of morpholine rings is 1. The Morgan fingerprint density at radius 1 is 1.50 bits per heavy atom. The number of amides is 1. The van der Waals surface area contributed by atoms with Gasteiger partial charge in [0.2, 0.25) is 0 Å². The minimum Gasteiger partial charge on any atom is -0.481 e. The molecule has 6 nitrogen and oxygen atoms in total. The Morgan fingerprint density at radius 3 is 2.95 bits per heavy atom. The molecule has 0 saturated carbocycles. The fourth-order valence-electron chi connectivity index (χ4n) is 2.44. The summed E-state index contributed by atoms with van der Waals surface area (Å²) in [7, 11) is 0. The molecule has 2 atom stereocenters. The van der Waals surface area contributed by atoms with Crippen molar-refractivity contribution >= 4 is 11.9 Å². The molecule has 1 heterocycles. The molecular weight excluding hydrogens is 286 g/mol. The number of carbonyl (C=O) groups excluding carboxylic acids is 1. The molecular formula is C16H21NO5. The summed E-state index contributed by atoms with van der Waals surface area (Å²) in [6.07, 6.45) is -1.18. The number of carboxylic acids is 1. The SMILES string of the molecule is Cc1cccc(O[C@@H](C)C(=O)N2CCO[C@H](CC(=O)O)C2)c1. The number of hydrogen-bond acceptors (Lipinski definition) is 4. The lowest BCUT2D eigenvalue weighted by molar-refractivity contribution is -0.151. The average Bonchev–Trinajstić information content (AvgIpc) is 2.46. The summed E-state index contributed by atoms with van der Waals surface area (Å²) in [5.74, 6) is -0.431. The molecule has 1 amide bonds. The van der Waals surface area contributed by atoms with Crippen molar-refractivity contribution in [3.8, 4) is 5.75 Å². The quantitative estimate of drug-likeness (QED) is 0.891. The van der Waals surface area contributed by atoms with E-state index >= 15 is 0 Å². The van der Waals surface area contributed by atoms with Gasteiger partial charge in [0.25, 0.3) is 5.91 Å². The first-order valence-corrected chi connectivity index (χ1v) is 7.31. The second-order valence-corrected chi connectivity index (χ2v) is 5.45. The van der Waals surface area contributed by atoms with E-state index in [2.05, 4.69) is 0 Å². The largest absolute Gasteiger partial charge is 0.481 e. The van der Waals surface area contributed by atoms with Crippen molar-refractivity contribution in [2.45, 2.75) is 32.5 Å². The Balaban J connectivity index is 1.93. The molecule has 1 aliphatic rings. The van der Waals surface area contributed by atoms with Gasteiger partial charge < -0.3 is 19.5 Å². The summed E-state index contributed by atoms with van der Waals surface area (Å²) >= 11 is 0. The summed E-state index contributed by atoms with van der Waals surface area (Å²) < 4.78 is 11.0. The van der Waals surface area contributed by atoms with E-state index in [1.54, 1.807) is 11.8 Å². The normalized spacial score (nSPS) is 19.5. The van der Waals surface area contributed by atoms with Crippen LogP contribution >= 0.6 is 0 Å². The molecule has 1 aliphatic heterocycles. The van der Waals surface area contributed by atoms with Gasteiger partial charge >= 0.3 is 5.97 Å². The van der Waals surface area contributed by atoms with Crippen molar-refractivity contribution in [3.63, 3.8) is 0 Å². The Labute approximate surface area is 129 Å². The third-order valence-corrected chi connectivity index (χ3v) is 3.50. The maximum absolute atomic E-state index is 12.4. The van der Waals surface area contributed by atoms with Crippen LogP contribution in [-0.2, 0) is 14.3 Å². The lowest BCUT2D eigenvalue weighted by Gasteiger charge is -2.33. The van der Waals surface area contributed by atoms with E-state index in [1.165, 1.54) is 0 Å². The number of hydrogen-bond donors (Lipinski definition) is 1. The predicted molar refractivity (Wildman–Crippen MR) is 79.8 cm³/mol. The van der Waals surface area contributed by atoms with Crippen molar-refractivity contribution < 1.29 is 24.2 Å². The highest BCUT2D eigenvalue weighted by molar-refractivity contribution is 5.81. The Kier molecular flexibility index (Phi) is 5.38. The molecule has 22 heavy (non-hydrogen) atoms. The number of carbonyl (C=O) groups is 2. The van der Waals surface area contributed by atoms with Gasteiger partial charge in [-0.3, -0.25) is 9.59 Å². The van der Waals surface area contributed by atoms with Gasteiger partial charge in [-0.1, -0.05) is 12.1 Å². The van der Waals surface area contributed by atoms with E-state index in [4.69, 9.17) is 14.6 Å². The number of benzene rings is 1. The Bertz CT molecular complexity index is 545. The van der Waals surface area contributed by atoms with Crippen molar-refractivity contribution in [2.24, 2.45) is 0 Å². The van der Waals surface area contributed by atoms with Crippen LogP contribution in [0.25, 0.3) is 0 Å². The zero-order valence-corrected chi connectivity index (χ0v) is 12.8. The van der Waals surface area contributed by atoms with E-state index in [0.717, 1.165) is 5.56 Å². The maximum atomic E-state index is 12.4. The third kappa shape index (κ3) is 4.46. The van der Waals surface area contributed by atoms with Gasteiger partial charge in [0, 0.05) is 13.1 Å². The molecule has 0 radical (unpaired) electrons. The fraction of sp³-hybridized carbons (Fsp3) is 0.500. The second-order valence-electron chi connectivity index (χ2n) is 5.45. The van der Waals surface area contributed by atoms with E-state index < -0.39 is 18.2 Å². The van der Waals surface area contributed by atoms with E-state index in [9.17, 15) is 9.59 Å². The number of rotatable bonds is 5. The molecule has 1 aromatic rings. The number of ether oxygens (including phenoxy) is 2. The van der Waals surface area contributed by atoms with Gasteiger partial charge in [0.1, 0.15) is 5.75 Å². The average molecular weight is 307 g/mol. The van der Waals surface area contributed by atoms with Crippen LogP contribution in [-0.4, -0.2) is 53.8 Å². The Morgan fingerprint density at radius 2 is 2.27 bits per heavy atom. The standard InChI is InChI=1S/C16H21NO5/c1-11-4-3-5-13(8-11)22-12(2)16(20)17-6-7-21-14(10-17)9-15(18)19/h3-5,8,12,14H,6-7,9-10H2,1-2H3,(H,18,19)/t12-,14+/m0/s1. The highest BCUT2D eigenvalue weighted by atomic mass is 16.5. The number of nitrogens with zero attached hydrogens (tertiary/aromatic N) is 1. The van der Waals surface area contributed by atoms with Crippen LogP contribution in [0, 0.1) is 6.92 Å². The summed E-state index contributed by atoms with van der Waals surface area (Å²) in [5, 5.41) is 8.81. The van der Waals surface area contributed by atoms with Crippen molar-refractivity contribution in [1.82, 2.24) is 4.90 Å². The van der Waals surface area contributed by atoms with Crippen LogP contribution in [0.2, 0.25) is 0 Å². The highest BCUT2D eigenvalue weighted by Gasteiger charge is 2.29. The van der Waals surface area contributed by atoms with Crippen LogP contribution in [0.3, 0.4) is 0 Å². The van der Waals surface area contributed by atoms with Gasteiger partial charge in [-0.2, -0.15) is 0 Å². The molecule has 0 bridgehead atoms. The lowest BCUT2D eigenvalue weighted by atomic mass is 10.2. The van der Waals surface area contributed by atoms with Crippen molar-refractivity contribution in [1.29, 1.82) is 0 Å². The minimum atomic E-state index is -0.927. The van der Waals surface area contributed by atoms with Crippen molar-refractivity contribution in [2.75, 3.05) is 19.7 Å². The van der Waals surface area contributed by atoms with Gasteiger partial charge in [-0.15, -0.1) is 0 Å². The smallest absolute Gasteiger partial charge is 0.306 e. The monoisotopic (exact) mass is 307 g/mol. The van der Waals surface area contributed by atoms with Crippen LogP contribution in [0.1, 0.15) is 18.9 Å². The molecule has 1 fully saturated rings. The lowest BCUT2D eigenvalue weighted by Crippen LogP contribution is -2.50. The highest BCUT2D eigenvalue weighted by Crippen LogP contribution is 2.16. The maximum Gasteiger partial charge on any atom is 0.306 e. The first kappa shape index (κ1) is 16.3. The second kappa shape index (κ2) is 7.26. The zero-order chi connectivity index (χ0) is 16.1. The molecule has 1 saturated heterocycles. The number of aliphatic carboxylic acids is 1. The molecule has 0 aliphatic carbocycles. The summed E-state index contributed by atoms with van der Waals surface area (Å²) in [6.45, 7) is 4.74. The molecule has 0 unspecified atom stereocenters. The molecule has 2 rings (SSSR count). The van der Waals surface area contributed by atoms with E-state index in [-0.39, 0.29) is 18.9 Å². The first-order valence-electron chi connectivity index (χ1n) is 7.31. The fourth-order valence-corrected chi connectivity index (χ4v) is 2.44. The summed E-state index contributed by atoms with van der Waals surface area (Å²) in [6, 6.07) is 7.51. The molecule has 6 heteroatoms. The summed E-state index contributed by atoms with van der Waals surface area (Å²) in [5.41, 5.74) is 1.06. The summed E-state index contributed by atoms with van der Waals surface area (Å²) in [4.78, 5) is 24.8. The Hall–Kier alpha value is -2.08. The van der Waals surface area contributed by atoms with Crippen molar-refractivity contribution in [3.05, 3.63) is 29.8 Å². The zero-order valence-electron chi connectivity index (χ0n) is 12.8. The van der Waals surface area contributed by atoms with Gasteiger partial charge in [-0.05, 0) is 31.5 Å². The minimum absolute atomic E-state index is 0.100. The number of aryl methyl sites for hydroxylation is 1. The number of carboxylic acid groups (broad SMARTS) is 1.